The summed E-state index contributed by atoms with van der Waals surface area (Å²) in [5.41, 5.74) is 14.6. The Bertz CT molecular complexity index is 3520. The highest BCUT2D eigenvalue weighted by atomic mass is 16.3. The number of benzene rings is 8. The van der Waals surface area contributed by atoms with Crippen molar-refractivity contribution in [1.29, 1.82) is 0 Å². The Balaban J connectivity index is 1.17. The number of rotatable bonds is 10. The molecule has 0 aliphatic carbocycles. The van der Waals surface area contributed by atoms with E-state index in [-0.39, 0.29) is 11.3 Å². The summed E-state index contributed by atoms with van der Waals surface area (Å²) in [7, 11) is 0. The highest BCUT2D eigenvalue weighted by Gasteiger charge is 2.23. The molecule has 0 atom stereocenters. The van der Waals surface area contributed by atoms with Crippen molar-refractivity contribution in [3.05, 3.63) is 217 Å². The topological polar surface area (TPSA) is 50.9 Å². The number of aromatic hydroxyl groups is 1. The molecule has 2 heterocycles. The second-order valence-corrected chi connectivity index (χ2v) is 17.0. The van der Waals surface area contributed by atoms with Crippen LogP contribution >= 0.6 is 0 Å². The van der Waals surface area contributed by atoms with Crippen LogP contribution in [0.5, 0.6) is 5.75 Å². The minimum absolute atomic E-state index is 0.00407. The van der Waals surface area contributed by atoms with Gasteiger partial charge >= 0.3 is 0 Å². The van der Waals surface area contributed by atoms with Crippen LogP contribution in [0.2, 0.25) is 0 Å². The molecule has 0 spiro atoms. The van der Waals surface area contributed by atoms with Gasteiger partial charge in [0.15, 0.2) is 0 Å². The number of phenols is 1. The maximum absolute atomic E-state index is 11.5. The third-order valence-corrected chi connectivity index (χ3v) is 12.2. The standard InChI is InChI=1S/C61H51N3O/c1-39(2)51-21-14-22-52(40(3)4)59(51)47-30-31-56(41(5)34-47)64-57-24-15-23-53(60(57)63-61(64)54-20-12-13-25-58(54)65)49-35-48(43-18-10-7-11-19-43)36-50(37-49)55-38-46(32-33-62-55)45-28-26-44(27-29-45)42-16-8-6-9-17-42/h6-40,65H,1-5H3/i5D3,39D,40D. The van der Waals surface area contributed by atoms with Crippen LogP contribution in [0.3, 0.4) is 0 Å². The van der Waals surface area contributed by atoms with Gasteiger partial charge in [0.25, 0.3) is 0 Å². The van der Waals surface area contributed by atoms with Crippen molar-refractivity contribution in [1.82, 2.24) is 14.5 Å². The van der Waals surface area contributed by atoms with Crippen LogP contribution in [0.15, 0.2) is 200 Å². The zero-order valence-electron chi connectivity index (χ0n) is 41.8. The molecule has 316 valence electrons. The van der Waals surface area contributed by atoms with E-state index in [0.717, 1.165) is 55.8 Å². The molecule has 0 bridgehead atoms. The molecule has 10 rings (SSSR count). The van der Waals surface area contributed by atoms with Crippen LogP contribution in [0.4, 0.5) is 0 Å². The van der Waals surface area contributed by atoms with E-state index in [1.54, 1.807) is 58.0 Å². The maximum Gasteiger partial charge on any atom is 0.149 e. The van der Waals surface area contributed by atoms with Gasteiger partial charge in [0, 0.05) is 24.2 Å². The van der Waals surface area contributed by atoms with Gasteiger partial charge in [-0.1, -0.05) is 161 Å². The fraction of sp³-hybridized carbons (Fsp3) is 0.115. The average molecular weight is 847 g/mol. The largest absolute Gasteiger partial charge is 0.507 e. The maximum atomic E-state index is 11.5. The number of aromatic nitrogens is 3. The minimum Gasteiger partial charge on any atom is -0.507 e. The van der Waals surface area contributed by atoms with Crippen molar-refractivity contribution in [3.8, 4) is 89.7 Å². The molecule has 4 heteroatoms. The van der Waals surface area contributed by atoms with Gasteiger partial charge in [0.2, 0.25) is 0 Å². The molecular formula is C61H51N3O. The van der Waals surface area contributed by atoms with Gasteiger partial charge in [-0.15, -0.1) is 0 Å². The molecule has 1 N–H and O–H groups in total. The summed E-state index contributed by atoms with van der Waals surface area (Å²) in [4.78, 5) is 10.3. The van der Waals surface area contributed by atoms with Gasteiger partial charge in [-0.25, -0.2) is 4.98 Å². The number of para-hydroxylation sites is 2. The highest BCUT2D eigenvalue weighted by Crippen LogP contribution is 2.42. The smallest absolute Gasteiger partial charge is 0.149 e. The summed E-state index contributed by atoms with van der Waals surface area (Å²) < 4.78 is 47.1. The van der Waals surface area contributed by atoms with Crippen molar-refractivity contribution < 1.29 is 12.0 Å². The number of phenolic OH excluding ortho intramolecular Hbond substituents is 1. The van der Waals surface area contributed by atoms with Crippen LogP contribution in [0, 0.1) is 6.85 Å². The van der Waals surface area contributed by atoms with Gasteiger partial charge in [0.05, 0.1) is 28.0 Å². The van der Waals surface area contributed by atoms with Crippen molar-refractivity contribution in [2.24, 2.45) is 0 Å². The molecule has 0 amide bonds. The number of imidazole rings is 1. The third kappa shape index (κ3) is 7.93. The summed E-state index contributed by atoms with van der Waals surface area (Å²) in [6.45, 7) is 4.60. The first-order valence-corrected chi connectivity index (χ1v) is 22.0. The van der Waals surface area contributed by atoms with E-state index in [1.807, 2.05) is 102 Å². The summed E-state index contributed by atoms with van der Waals surface area (Å²) in [5, 5.41) is 11.5. The Morgan fingerprint density at radius 2 is 1.06 bits per heavy atom. The van der Waals surface area contributed by atoms with Crippen LogP contribution in [-0.2, 0) is 0 Å². The second-order valence-electron chi connectivity index (χ2n) is 17.0. The van der Waals surface area contributed by atoms with Crippen molar-refractivity contribution >= 4 is 11.0 Å². The van der Waals surface area contributed by atoms with E-state index < -0.39 is 18.6 Å². The number of fused-ring (bicyclic) bond motifs is 1. The van der Waals surface area contributed by atoms with Crippen molar-refractivity contribution in [2.45, 2.75) is 46.3 Å². The lowest BCUT2D eigenvalue weighted by Crippen LogP contribution is -2.03. The minimum atomic E-state index is -2.61. The predicted octanol–water partition coefficient (Wildman–Crippen LogP) is 16.4. The van der Waals surface area contributed by atoms with E-state index in [9.17, 15) is 5.11 Å². The predicted molar refractivity (Wildman–Crippen MR) is 271 cm³/mol. The molecule has 0 aliphatic heterocycles. The first-order chi connectivity index (χ1) is 33.5. The molecule has 0 fully saturated rings. The van der Waals surface area contributed by atoms with E-state index in [4.69, 9.17) is 16.8 Å². The van der Waals surface area contributed by atoms with Crippen LogP contribution in [0.1, 0.15) is 63.0 Å². The zero-order chi connectivity index (χ0) is 49.0. The summed E-state index contributed by atoms with van der Waals surface area (Å²) in [6.07, 6.45) is 1.85. The van der Waals surface area contributed by atoms with Gasteiger partial charge in [0.1, 0.15) is 11.6 Å². The molecule has 0 aliphatic rings. The quantitative estimate of drug-likeness (QED) is 0.149. The molecule has 4 nitrogen and oxygen atoms in total. The third-order valence-electron chi connectivity index (χ3n) is 12.2. The number of pyridine rings is 1. The molecule has 2 aromatic heterocycles. The highest BCUT2D eigenvalue weighted by molar-refractivity contribution is 5.98. The first-order valence-electron chi connectivity index (χ1n) is 24.5. The molecular weight excluding hydrogens is 791 g/mol. The molecule has 10 aromatic rings. The molecule has 0 unspecified atom stereocenters. The lowest BCUT2D eigenvalue weighted by molar-refractivity contribution is 0.477. The number of hydrogen-bond donors (Lipinski definition) is 1. The molecule has 0 radical (unpaired) electrons. The molecule has 65 heavy (non-hydrogen) atoms. The fourth-order valence-electron chi connectivity index (χ4n) is 8.98. The summed E-state index contributed by atoms with van der Waals surface area (Å²) >= 11 is 0. The number of hydrogen-bond acceptors (Lipinski definition) is 3. The monoisotopic (exact) mass is 846 g/mol. The van der Waals surface area contributed by atoms with Gasteiger partial charge < -0.3 is 5.11 Å². The Morgan fingerprint density at radius 3 is 1.74 bits per heavy atom. The Kier molecular flexibility index (Phi) is 9.53. The SMILES string of the molecule is [2H]C([2H])([2H])c1cc(-c2c(C([2H])(C)C)cccc2C([2H])(C)C)ccc1-n1c(-c2ccccc2O)nc2c(-c3cc(-c4ccccc4)cc(-c4cc(-c5ccc(-c6ccccc6)cc5)ccn4)c3)cccc21. The van der Waals surface area contributed by atoms with E-state index in [1.165, 1.54) is 0 Å². The van der Waals surface area contributed by atoms with E-state index in [0.29, 0.717) is 50.4 Å². The average Bonchev–Trinajstić information content (AvgIpc) is 3.75. The summed E-state index contributed by atoms with van der Waals surface area (Å²) in [5.74, 6) is -1.73. The zero-order valence-corrected chi connectivity index (χ0v) is 36.8. The van der Waals surface area contributed by atoms with Gasteiger partial charge in [-0.2, -0.15) is 0 Å². The molecule has 8 aromatic carbocycles. The Morgan fingerprint density at radius 1 is 0.492 bits per heavy atom. The van der Waals surface area contributed by atoms with Crippen LogP contribution in [0.25, 0.3) is 95.0 Å². The second kappa shape index (κ2) is 17.4. The Labute approximate surface area is 389 Å². The fourth-order valence-corrected chi connectivity index (χ4v) is 8.98. The van der Waals surface area contributed by atoms with Crippen LogP contribution in [-0.4, -0.2) is 19.6 Å². The number of aryl methyl sites for hydroxylation is 1. The lowest BCUT2D eigenvalue weighted by atomic mass is 9.84. The van der Waals surface area contributed by atoms with Gasteiger partial charge in [-0.3, -0.25) is 9.55 Å². The van der Waals surface area contributed by atoms with E-state index >= 15 is 0 Å². The number of nitrogens with zero attached hydrogens (tertiary/aromatic N) is 3. The van der Waals surface area contributed by atoms with Crippen LogP contribution < -0.4 is 0 Å². The Hall–Kier alpha value is -7.82. The molecule has 0 saturated heterocycles. The van der Waals surface area contributed by atoms with Gasteiger partial charge in [-0.05, 0) is 146 Å². The first kappa shape index (κ1) is 35.6. The van der Waals surface area contributed by atoms with E-state index in [2.05, 4.69) is 72.8 Å². The normalized spacial score (nSPS) is 13.1. The lowest BCUT2D eigenvalue weighted by Gasteiger charge is -2.21. The van der Waals surface area contributed by atoms with Crippen molar-refractivity contribution in [3.63, 3.8) is 0 Å². The van der Waals surface area contributed by atoms with Crippen molar-refractivity contribution in [2.75, 3.05) is 0 Å². The summed E-state index contributed by atoms with van der Waals surface area (Å²) in [6, 6.07) is 63.6. The molecule has 0 saturated carbocycles.